The molecule has 0 aromatic carbocycles. The van der Waals surface area contributed by atoms with Gasteiger partial charge < -0.3 is 15.3 Å². The molecule has 0 saturated heterocycles. The second kappa shape index (κ2) is 6.93. The first-order valence-electron chi connectivity index (χ1n) is 5.29. The van der Waals surface area contributed by atoms with Gasteiger partial charge in [0.15, 0.2) is 0 Å². The lowest BCUT2D eigenvalue weighted by atomic mass is 10.3. The van der Waals surface area contributed by atoms with Crippen LogP contribution in [0.3, 0.4) is 0 Å². The lowest BCUT2D eigenvalue weighted by molar-refractivity contribution is 0.192. The first kappa shape index (κ1) is 12.6. The van der Waals surface area contributed by atoms with Crippen LogP contribution in [0.1, 0.15) is 24.9 Å². The Bertz CT molecular complexity index is 275. The van der Waals surface area contributed by atoms with Gasteiger partial charge >= 0.3 is 0 Å². The Morgan fingerprint density at radius 3 is 2.80 bits per heavy atom. The highest BCUT2D eigenvalue weighted by molar-refractivity contribution is 7.98. The van der Waals surface area contributed by atoms with Crippen LogP contribution >= 0.6 is 11.8 Å². The summed E-state index contributed by atoms with van der Waals surface area (Å²) in [4.78, 5) is 0. The molecule has 0 fully saturated rings. The summed E-state index contributed by atoms with van der Waals surface area (Å²) >= 11 is 1.68. The number of aryl methyl sites for hydroxylation is 1. The van der Waals surface area contributed by atoms with Crippen LogP contribution in [-0.4, -0.2) is 23.5 Å². The van der Waals surface area contributed by atoms with E-state index in [-0.39, 0.29) is 6.10 Å². The molecule has 15 heavy (non-hydrogen) atoms. The van der Waals surface area contributed by atoms with E-state index in [1.807, 2.05) is 12.1 Å². The summed E-state index contributed by atoms with van der Waals surface area (Å²) in [6.45, 7) is 2.61. The van der Waals surface area contributed by atoms with Crippen molar-refractivity contribution in [3.63, 3.8) is 0 Å². The van der Waals surface area contributed by atoms with Crippen LogP contribution in [0.4, 0.5) is 0 Å². The highest BCUT2D eigenvalue weighted by atomic mass is 32.2. The second-order valence-electron chi connectivity index (χ2n) is 3.47. The Hall–Kier alpha value is -0.450. The third-order valence-corrected chi connectivity index (χ3v) is 3.23. The molecule has 1 atom stereocenters. The first-order valence-corrected chi connectivity index (χ1v) is 6.45. The monoisotopic (exact) mass is 229 g/mol. The van der Waals surface area contributed by atoms with Gasteiger partial charge in [0.2, 0.25) is 0 Å². The number of furan rings is 1. The van der Waals surface area contributed by atoms with E-state index in [0.717, 1.165) is 29.4 Å². The third-order valence-electron chi connectivity index (χ3n) is 2.12. The fraction of sp³-hybridized carbons (Fsp3) is 0.636. The van der Waals surface area contributed by atoms with Crippen LogP contribution in [0, 0.1) is 0 Å². The molecule has 0 aliphatic rings. The van der Waals surface area contributed by atoms with Crippen molar-refractivity contribution in [1.82, 2.24) is 0 Å². The maximum atomic E-state index is 9.45. The topological polar surface area (TPSA) is 59.4 Å². The molecule has 0 radical (unpaired) electrons. The standard InChI is InChI=1S/C11H19NO2S/c1-2-10-3-4-11(14-10)8-15-7-9(13)5-6-12/h3-4,9,13H,2,5-8,12H2,1H3. The van der Waals surface area contributed by atoms with Gasteiger partial charge in [0.05, 0.1) is 11.9 Å². The van der Waals surface area contributed by atoms with Gasteiger partial charge in [-0.25, -0.2) is 0 Å². The molecule has 3 nitrogen and oxygen atoms in total. The third kappa shape index (κ3) is 4.73. The Balaban J connectivity index is 2.19. The summed E-state index contributed by atoms with van der Waals surface area (Å²) in [6.07, 6.45) is 1.31. The van der Waals surface area contributed by atoms with Gasteiger partial charge in [-0.05, 0) is 25.1 Å². The van der Waals surface area contributed by atoms with Crippen molar-refractivity contribution in [3.05, 3.63) is 23.7 Å². The van der Waals surface area contributed by atoms with Crippen molar-refractivity contribution >= 4 is 11.8 Å². The van der Waals surface area contributed by atoms with Crippen molar-refractivity contribution in [2.24, 2.45) is 5.73 Å². The fourth-order valence-electron chi connectivity index (χ4n) is 1.26. The lowest BCUT2D eigenvalue weighted by Gasteiger charge is -2.07. The minimum atomic E-state index is -0.291. The number of nitrogens with two attached hydrogens (primary N) is 1. The van der Waals surface area contributed by atoms with Gasteiger partial charge in [-0.2, -0.15) is 11.8 Å². The zero-order chi connectivity index (χ0) is 11.1. The van der Waals surface area contributed by atoms with E-state index >= 15 is 0 Å². The number of thioether (sulfide) groups is 1. The highest BCUT2D eigenvalue weighted by Crippen LogP contribution is 2.16. The molecule has 3 N–H and O–H groups in total. The summed E-state index contributed by atoms with van der Waals surface area (Å²) in [5, 5.41) is 9.45. The molecule has 0 spiro atoms. The van der Waals surface area contributed by atoms with E-state index < -0.39 is 0 Å². The van der Waals surface area contributed by atoms with Crippen molar-refractivity contribution in [2.45, 2.75) is 31.6 Å². The van der Waals surface area contributed by atoms with Crippen LogP contribution in [0.5, 0.6) is 0 Å². The van der Waals surface area contributed by atoms with Crippen molar-refractivity contribution < 1.29 is 9.52 Å². The van der Waals surface area contributed by atoms with E-state index in [0.29, 0.717) is 13.0 Å². The number of hydrogen-bond donors (Lipinski definition) is 2. The lowest BCUT2D eigenvalue weighted by Crippen LogP contribution is -2.15. The molecule has 0 aliphatic carbocycles. The van der Waals surface area contributed by atoms with Gasteiger partial charge in [0.25, 0.3) is 0 Å². The molecule has 0 amide bonds. The quantitative estimate of drug-likeness (QED) is 0.748. The molecule has 0 bridgehead atoms. The van der Waals surface area contributed by atoms with Crippen molar-refractivity contribution in [3.8, 4) is 0 Å². The van der Waals surface area contributed by atoms with E-state index in [2.05, 4.69) is 6.92 Å². The normalized spacial score (nSPS) is 13.0. The number of aliphatic hydroxyl groups excluding tert-OH is 1. The van der Waals surface area contributed by atoms with Crippen LogP contribution in [0.15, 0.2) is 16.5 Å². The number of rotatable bonds is 7. The molecule has 86 valence electrons. The smallest absolute Gasteiger partial charge is 0.114 e. The van der Waals surface area contributed by atoms with Crippen LogP contribution in [-0.2, 0) is 12.2 Å². The molecule has 1 heterocycles. The molecule has 1 aromatic rings. The molecule has 1 unspecified atom stereocenters. The van der Waals surface area contributed by atoms with E-state index in [9.17, 15) is 5.11 Å². The molecular formula is C11H19NO2S. The fourth-order valence-corrected chi connectivity index (χ4v) is 2.17. The predicted molar refractivity (Wildman–Crippen MR) is 63.9 cm³/mol. The molecular weight excluding hydrogens is 210 g/mol. The van der Waals surface area contributed by atoms with Gasteiger partial charge in [-0.3, -0.25) is 0 Å². The predicted octanol–water partition coefficient (Wildman–Crippen LogP) is 1.78. The SMILES string of the molecule is CCc1ccc(CSCC(O)CCN)o1. The molecule has 4 heteroatoms. The maximum Gasteiger partial charge on any atom is 0.114 e. The molecule has 1 aromatic heterocycles. The van der Waals surface area contributed by atoms with E-state index in [1.165, 1.54) is 0 Å². The minimum absolute atomic E-state index is 0.291. The zero-order valence-electron chi connectivity index (χ0n) is 9.11. The number of aliphatic hydroxyl groups is 1. The van der Waals surface area contributed by atoms with Gasteiger partial charge in [-0.15, -0.1) is 0 Å². The van der Waals surface area contributed by atoms with Crippen molar-refractivity contribution in [1.29, 1.82) is 0 Å². The minimum Gasteiger partial charge on any atom is -0.465 e. The van der Waals surface area contributed by atoms with Crippen LogP contribution in [0.25, 0.3) is 0 Å². The average Bonchev–Trinajstić information content (AvgIpc) is 2.66. The average molecular weight is 229 g/mol. The maximum absolute atomic E-state index is 9.45. The summed E-state index contributed by atoms with van der Waals surface area (Å²) in [5.74, 6) is 3.55. The van der Waals surface area contributed by atoms with Gasteiger partial charge in [-0.1, -0.05) is 6.92 Å². The van der Waals surface area contributed by atoms with Gasteiger partial charge in [0.1, 0.15) is 11.5 Å². The Morgan fingerprint density at radius 2 is 2.20 bits per heavy atom. The Labute approximate surface area is 95.0 Å². The molecule has 0 saturated carbocycles. The highest BCUT2D eigenvalue weighted by Gasteiger charge is 2.05. The second-order valence-corrected chi connectivity index (χ2v) is 4.50. The van der Waals surface area contributed by atoms with E-state index in [4.69, 9.17) is 10.2 Å². The zero-order valence-corrected chi connectivity index (χ0v) is 9.93. The van der Waals surface area contributed by atoms with Crippen LogP contribution in [0.2, 0.25) is 0 Å². The summed E-state index contributed by atoms with van der Waals surface area (Å²) < 4.78 is 5.55. The Morgan fingerprint density at radius 1 is 1.47 bits per heavy atom. The first-order chi connectivity index (χ1) is 7.26. The summed E-state index contributed by atoms with van der Waals surface area (Å²) in [7, 11) is 0. The van der Waals surface area contributed by atoms with Gasteiger partial charge in [0, 0.05) is 12.2 Å². The molecule has 0 aliphatic heterocycles. The Kier molecular flexibility index (Phi) is 5.83. The summed E-state index contributed by atoms with van der Waals surface area (Å²) in [6, 6.07) is 4.01. The largest absolute Gasteiger partial charge is 0.465 e. The summed E-state index contributed by atoms with van der Waals surface area (Å²) in [5.41, 5.74) is 5.35. The van der Waals surface area contributed by atoms with Crippen molar-refractivity contribution in [2.75, 3.05) is 12.3 Å². The van der Waals surface area contributed by atoms with E-state index in [1.54, 1.807) is 11.8 Å². The molecule has 1 rings (SSSR count). The number of hydrogen-bond acceptors (Lipinski definition) is 4. The van der Waals surface area contributed by atoms with Crippen LogP contribution < -0.4 is 5.73 Å².